The maximum Gasteiger partial charge on any atom is 0.210 e. The molecule has 0 radical (unpaired) electrons. The molecule has 1 aliphatic heterocycles. The van der Waals surface area contributed by atoms with Crippen molar-refractivity contribution in [3.05, 3.63) is 90.1 Å². The summed E-state index contributed by atoms with van der Waals surface area (Å²) in [6.45, 7) is 7.09. The third-order valence-electron chi connectivity index (χ3n) is 6.30. The number of fused-ring (bicyclic) bond motifs is 1. The topological polar surface area (TPSA) is 53.5 Å². The van der Waals surface area contributed by atoms with E-state index in [9.17, 15) is 8.42 Å². The molecule has 0 aliphatic carbocycles. The fourth-order valence-electron chi connectivity index (χ4n) is 4.47. The number of hydrogen-bond acceptors (Lipinski definition) is 5. The van der Waals surface area contributed by atoms with E-state index in [1.807, 2.05) is 56.3 Å². The summed E-state index contributed by atoms with van der Waals surface area (Å²) >= 11 is 0. The second-order valence-electron chi connectivity index (χ2n) is 8.62. The minimum atomic E-state index is -3.72. The van der Waals surface area contributed by atoms with E-state index >= 15 is 0 Å². The summed E-state index contributed by atoms with van der Waals surface area (Å²) in [5.74, 6) is 0. The normalized spacial score (nSPS) is 14.6. The lowest BCUT2D eigenvalue weighted by molar-refractivity contribution is 0.594. The maximum atomic E-state index is 13.7. The molecule has 3 aromatic carbocycles. The Bertz CT molecular complexity index is 1390. The molecule has 0 bridgehead atoms. The molecule has 1 saturated heterocycles. The van der Waals surface area contributed by atoms with E-state index in [0.717, 1.165) is 53.9 Å². The van der Waals surface area contributed by atoms with Crippen molar-refractivity contribution in [2.24, 2.45) is 0 Å². The molecule has 0 amide bonds. The van der Waals surface area contributed by atoms with Crippen LogP contribution in [0, 0.1) is 13.8 Å². The first-order valence-electron chi connectivity index (χ1n) is 11.2. The van der Waals surface area contributed by atoms with Gasteiger partial charge in [0.05, 0.1) is 16.1 Å². The van der Waals surface area contributed by atoms with Gasteiger partial charge in [-0.25, -0.2) is 8.42 Å². The molecule has 0 saturated carbocycles. The van der Waals surface area contributed by atoms with Gasteiger partial charge in [-0.05, 0) is 50.2 Å². The summed E-state index contributed by atoms with van der Waals surface area (Å²) < 4.78 is 27.5. The van der Waals surface area contributed by atoms with Gasteiger partial charge in [-0.15, -0.1) is 0 Å². The van der Waals surface area contributed by atoms with Gasteiger partial charge in [0, 0.05) is 43.4 Å². The molecule has 33 heavy (non-hydrogen) atoms. The van der Waals surface area contributed by atoms with E-state index in [4.69, 9.17) is 0 Å². The van der Waals surface area contributed by atoms with Gasteiger partial charge in [-0.1, -0.05) is 47.5 Å². The van der Waals surface area contributed by atoms with Gasteiger partial charge in [-0.3, -0.25) is 4.98 Å². The fourth-order valence-corrected chi connectivity index (χ4v) is 5.90. The largest absolute Gasteiger partial charge is 0.368 e. The number of pyridine rings is 1. The van der Waals surface area contributed by atoms with Crippen LogP contribution in [0.15, 0.2) is 88.8 Å². The molecule has 0 N–H and O–H groups in total. The zero-order chi connectivity index (χ0) is 23.0. The molecule has 168 valence electrons. The van der Waals surface area contributed by atoms with Crippen molar-refractivity contribution in [1.82, 2.24) is 4.98 Å². The van der Waals surface area contributed by atoms with Gasteiger partial charge < -0.3 is 9.80 Å². The number of aromatic nitrogens is 1. The first-order valence-corrected chi connectivity index (χ1v) is 12.7. The number of benzene rings is 3. The molecule has 1 fully saturated rings. The SMILES string of the molecule is Cc1ccc(S(=O)(=O)c2cnc3ccc(C)cc3c2N2CCN(c3ccccc3)CC2)cc1. The van der Waals surface area contributed by atoms with Gasteiger partial charge in [0.15, 0.2) is 0 Å². The summed E-state index contributed by atoms with van der Waals surface area (Å²) in [6, 6.07) is 23.4. The molecule has 0 atom stereocenters. The van der Waals surface area contributed by atoms with E-state index < -0.39 is 9.84 Å². The van der Waals surface area contributed by atoms with Crippen LogP contribution in [0.5, 0.6) is 0 Å². The van der Waals surface area contributed by atoms with Crippen molar-refractivity contribution in [2.45, 2.75) is 23.6 Å². The molecule has 0 unspecified atom stereocenters. The number of rotatable bonds is 4. The molecule has 1 aliphatic rings. The van der Waals surface area contributed by atoms with Crippen molar-refractivity contribution in [3.8, 4) is 0 Å². The van der Waals surface area contributed by atoms with E-state index in [0.29, 0.717) is 4.90 Å². The van der Waals surface area contributed by atoms with Crippen LogP contribution >= 0.6 is 0 Å². The van der Waals surface area contributed by atoms with Crippen molar-refractivity contribution in [3.63, 3.8) is 0 Å². The monoisotopic (exact) mass is 457 g/mol. The van der Waals surface area contributed by atoms with Crippen LogP contribution < -0.4 is 9.80 Å². The van der Waals surface area contributed by atoms with Crippen LogP contribution in [0.1, 0.15) is 11.1 Å². The number of piperazine rings is 1. The predicted molar refractivity (Wildman–Crippen MR) is 134 cm³/mol. The lowest BCUT2D eigenvalue weighted by Crippen LogP contribution is -2.47. The second kappa shape index (κ2) is 8.52. The maximum absolute atomic E-state index is 13.7. The van der Waals surface area contributed by atoms with Crippen LogP contribution in [0.3, 0.4) is 0 Å². The molecule has 5 nitrogen and oxygen atoms in total. The Kier molecular flexibility index (Phi) is 5.54. The number of aryl methyl sites for hydroxylation is 2. The van der Waals surface area contributed by atoms with E-state index in [1.165, 1.54) is 11.9 Å². The molecular weight excluding hydrogens is 430 g/mol. The Morgan fingerprint density at radius 3 is 2.09 bits per heavy atom. The summed E-state index contributed by atoms with van der Waals surface area (Å²) in [7, 11) is -3.72. The minimum absolute atomic E-state index is 0.276. The van der Waals surface area contributed by atoms with Crippen LogP contribution in [0.25, 0.3) is 10.9 Å². The molecule has 0 spiro atoms. The van der Waals surface area contributed by atoms with Gasteiger partial charge in [0.25, 0.3) is 0 Å². The van der Waals surface area contributed by atoms with Gasteiger partial charge in [0.1, 0.15) is 4.90 Å². The van der Waals surface area contributed by atoms with Crippen molar-refractivity contribution >= 4 is 32.1 Å². The van der Waals surface area contributed by atoms with Crippen LogP contribution in [-0.2, 0) is 9.84 Å². The van der Waals surface area contributed by atoms with E-state index in [2.05, 4.69) is 33.0 Å². The molecule has 5 rings (SSSR count). The number of nitrogens with zero attached hydrogens (tertiary/aromatic N) is 3. The third-order valence-corrected chi connectivity index (χ3v) is 8.07. The number of sulfone groups is 1. The highest BCUT2D eigenvalue weighted by atomic mass is 32.2. The average molecular weight is 458 g/mol. The standard InChI is InChI=1S/C27H27N3O2S/c1-20-8-11-23(12-9-20)33(31,32)26-19-28-25-13-10-21(2)18-24(25)27(26)30-16-14-29(15-17-30)22-6-4-3-5-7-22/h3-13,18-19H,14-17H2,1-2H3. The lowest BCUT2D eigenvalue weighted by atomic mass is 10.1. The lowest BCUT2D eigenvalue weighted by Gasteiger charge is -2.38. The molecule has 6 heteroatoms. The van der Waals surface area contributed by atoms with Crippen LogP contribution in [-0.4, -0.2) is 39.6 Å². The Morgan fingerprint density at radius 1 is 0.758 bits per heavy atom. The van der Waals surface area contributed by atoms with Crippen LogP contribution in [0.4, 0.5) is 11.4 Å². The van der Waals surface area contributed by atoms with E-state index in [-0.39, 0.29) is 4.90 Å². The quantitative estimate of drug-likeness (QED) is 0.431. The van der Waals surface area contributed by atoms with Gasteiger partial charge >= 0.3 is 0 Å². The Labute approximate surface area is 195 Å². The number of anilines is 2. The van der Waals surface area contributed by atoms with Crippen molar-refractivity contribution < 1.29 is 8.42 Å². The average Bonchev–Trinajstić information content (AvgIpc) is 2.84. The summed E-state index contributed by atoms with van der Waals surface area (Å²) in [5.41, 5.74) is 4.87. The van der Waals surface area contributed by atoms with Crippen molar-refractivity contribution in [2.75, 3.05) is 36.0 Å². The molecule has 4 aromatic rings. The third kappa shape index (κ3) is 4.07. The summed E-state index contributed by atoms with van der Waals surface area (Å²) in [4.78, 5) is 9.67. The molecular formula is C27H27N3O2S. The highest BCUT2D eigenvalue weighted by Crippen LogP contribution is 2.37. The second-order valence-corrected chi connectivity index (χ2v) is 10.5. The zero-order valence-corrected chi connectivity index (χ0v) is 19.7. The minimum Gasteiger partial charge on any atom is -0.368 e. The smallest absolute Gasteiger partial charge is 0.210 e. The van der Waals surface area contributed by atoms with E-state index in [1.54, 1.807) is 12.1 Å². The first-order chi connectivity index (χ1) is 15.9. The molecule has 1 aromatic heterocycles. The number of hydrogen-bond donors (Lipinski definition) is 0. The Balaban J connectivity index is 1.60. The first kappa shape index (κ1) is 21.5. The molecule has 2 heterocycles. The van der Waals surface area contributed by atoms with Gasteiger partial charge in [-0.2, -0.15) is 0 Å². The predicted octanol–water partition coefficient (Wildman–Crippen LogP) is 5.01. The highest BCUT2D eigenvalue weighted by molar-refractivity contribution is 7.91. The van der Waals surface area contributed by atoms with Crippen molar-refractivity contribution in [1.29, 1.82) is 0 Å². The fraction of sp³-hybridized carbons (Fsp3) is 0.222. The zero-order valence-electron chi connectivity index (χ0n) is 18.9. The Hall–Kier alpha value is -3.38. The highest BCUT2D eigenvalue weighted by Gasteiger charge is 2.29. The van der Waals surface area contributed by atoms with Gasteiger partial charge in [0.2, 0.25) is 9.84 Å². The number of para-hydroxylation sites is 1. The summed E-state index contributed by atoms with van der Waals surface area (Å²) in [5, 5.41) is 0.886. The summed E-state index contributed by atoms with van der Waals surface area (Å²) in [6.07, 6.45) is 1.53. The Morgan fingerprint density at radius 2 is 1.39 bits per heavy atom. The van der Waals surface area contributed by atoms with Crippen LogP contribution in [0.2, 0.25) is 0 Å².